The van der Waals surface area contributed by atoms with E-state index in [0.29, 0.717) is 36.6 Å². The second-order valence-electron chi connectivity index (χ2n) is 5.18. The number of nitrogens with one attached hydrogen (secondary N) is 2. The Kier molecular flexibility index (Phi) is 6.47. The van der Waals surface area contributed by atoms with Crippen molar-refractivity contribution in [2.75, 3.05) is 18.4 Å². The van der Waals surface area contributed by atoms with Gasteiger partial charge in [0.05, 0.1) is 0 Å². The molecule has 2 rings (SSSR count). The predicted octanol–water partition coefficient (Wildman–Crippen LogP) is 2.80. The molecule has 1 aromatic heterocycles. The van der Waals surface area contributed by atoms with Crippen molar-refractivity contribution < 1.29 is 9.18 Å². The van der Waals surface area contributed by atoms with E-state index in [9.17, 15) is 9.18 Å². The molecule has 0 aliphatic carbocycles. The third-order valence-electron chi connectivity index (χ3n) is 3.37. The molecular weight excluding hydrogens is 295 g/mol. The first kappa shape index (κ1) is 16.9. The standard InChI is InChI=1S/C17H21FN4O/c1-2-3-11-20-17(23)15-8-9-16(22-21-15)19-12-10-13-6-4-5-7-14(13)18/h4-9H,2-3,10-12H2,1H3,(H,19,22)(H,20,23). The molecule has 0 saturated carbocycles. The summed E-state index contributed by atoms with van der Waals surface area (Å²) >= 11 is 0. The zero-order chi connectivity index (χ0) is 16.5. The first-order valence-corrected chi connectivity index (χ1v) is 7.80. The Labute approximate surface area is 135 Å². The molecule has 0 bridgehead atoms. The van der Waals surface area contributed by atoms with Gasteiger partial charge in [0, 0.05) is 13.1 Å². The lowest BCUT2D eigenvalue weighted by molar-refractivity contribution is 0.0947. The molecule has 0 atom stereocenters. The van der Waals surface area contributed by atoms with E-state index < -0.39 is 0 Å². The van der Waals surface area contributed by atoms with Crippen LogP contribution in [0.1, 0.15) is 35.8 Å². The first-order valence-electron chi connectivity index (χ1n) is 7.80. The number of carbonyl (C=O) groups is 1. The zero-order valence-electron chi connectivity index (χ0n) is 13.2. The van der Waals surface area contributed by atoms with Gasteiger partial charge in [0.25, 0.3) is 5.91 Å². The Morgan fingerprint density at radius 2 is 1.96 bits per heavy atom. The average Bonchev–Trinajstić information content (AvgIpc) is 2.57. The van der Waals surface area contributed by atoms with Gasteiger partial charge in [-0.25, -0.2) is 4.39 Å². The molecule has 5 nitrogen and oxygen atoms in total. The smallest absolute Gasteiger partial charge is 0.271 e. The van der Waals surface area contributed by atoms with Gasteiger partial charge in [0.1, 0.15) is 11.6 Å². The number of amides is 1. The molecule has 0 aliphatic heterocycles. The first-order chi connectivity index (χ1) is 11.2. The van der Waals surface area contributed by atoms with E-state index >= 15 is 0 Å². The van der Waals surface area contributed by atoms with Gasteiger partial charge in [-0.05, 0) is 36.6 Å². The summed E-state index contributed by atoms with van der Waals surface area (Å²) in [5, 5.41) is 13.7. The largest absolute Gasteiger partial charge is 0.368 e. The maximum Gasteiger partial charge on any atom is 0.271 e. The quantitative estimate of drug-likeness (QED) is 0.735. The number of hydrogen-bond donors (Lipinski definition) is 2. The van der Waals surface area contributed by atoms with Crippen molar-refractivity contribution in [2.45, 2.75) is 26.2 Å². The molecule has 0 unspecified atom stereocenters. The number of anilines is 1. The summed E-state index contributed by atoms with van der Waals surface area (Å²) in [6.45, 7) is 3.24. The van der Waals surface area contributed by atoms with Gasteiger partial charge in [-0.3, -0.25) is 4.79 Å². The Morgan fingerprint density at radius 1 is 1.13 bits per heavy atom. The van der Waals surface area contributed by atoms with Crippen LogP contribution in [0, 0.1) is 5.82 Å². The second-order valence-corrected chi connectivity index (χ2v) is 5.18. The maximum atomic E-state index is 13.5. The summed E-state index contributed by atoms with van der Waals surface area (Å²) in [6.07, 6.45) is 2.51. The molecule has 1 amide bonds. The van der Waals surface area contributed by atoms with Crippen LogP contribution in [-0.2, 0) is 6.42 Å². The summed E-state index contributed by atoms with van der Waals surface area (Å²) in [7, 11) is 0. The van der Waals surface area contributed by atoms with E-state index in [0.717, 1.165) is 12.8 Å². The zero-order valence-corrected chi connectivity index (χ0v) is 13.2. The van der Waals surface area contributed by atoms with Crippen molar-refractivity contribution >= 4 is 11.7 Å². The molecule has 1 heterocycles. The lowest BCUT2D eigenvalue weighted by atomic mass is 10.1. The second kappa shape index (κ2) is 8.82. The van der Waals surface area contributed by atoms with Crippen LogP contribution < -0.4 is 10.6 Å². The van der Waals surface area contributed by atoms with Crippen LogP contribution in [0.5, 0.6) is 0 Å². The highest BCUT2D eigenvalue weighted by molar-refractivity contribution is 5.92. The average molecular weight is 316 g/mol. The summed E-state index contributed by atoms with van der Waals surface area (Å²) in [4.78, 5) is 11.8. The number of rotatable bonds is 8. The van der Waals surface area contributed by atoms with Crippen LogP contribution in [-0.4, -0.2) is 29.2 Å². The van der Waals surface area contributed by atoms with E-state index in [1.54, 1.807) is 24.3 Å². The summed E-state index contributed by atoms with van der Waals surface area (Å²) in [5.41, 5.74) is 0.945. The Morgan fingerprint density at radius 3 is 2.65 bits per heavy atom. The number of aromatic nitrogens is 2. The normalized spacial score (nSPS) is 10.3. The molecule has 2 N–H and O–H groups in total. The van der Waals surface area contributed by atoms with Crippen molar-refractivity contribution in [1.29, 1.82) is 0 Å². The topological polar surface area (TPSA) is 66.9 Å². The van der Waals surface area contributed by atoms with Crippen LogP contribution >= 0.6 is 0 Å². The van der Waals surface area contributed by atoms with E-state index in [-0.39, 0.29) is 11.7 Å². The maximum absolute atomic E-state index is 13.5. The number of hydrogen-bond acceptors (Lipinski definition) is 4. The van der Waals surface area contributed by atoms with Gasteiger partial charge in [0.2, 0.25) is 0 Å². The van der Waals surface area contributed by atoms with Crippen molar-refractivity contribution in [3.8, 4) is 0 Å². The molecule has 0 radical (unpaired) electrons. The third kappa shape index (κ3) is 5.32. The molecule has 2 aromatic rings. The molecular formula is C17H21FN4O. The van der Waals surface area contributed by atoms with Crippen LogP contribution in [0.3, 0.4) is 0 Å². The highest BCUT2D eigenvalue weighted by Crippen LogP contribution is 2.08. The van der Waals surface area contributed by atoms with Crippen molar-refractivity contribution in [3.05, 3.63) is 53.5 Å². The SMILES string of the molecule is CCCCNC(=O)c1ccc(NCCc2ccccc2F)nn1. The fourth-order valence-electron chi connectivity index (χ4n) is 2.04. The molecule has 1 aromatic carbocycles. The van der Waals surface area contributed by atoms with Gasteiger partial charge < -0.3 is 10.6 Å². The molecule has 0 saturated heterocycles. The Hall–Kier alpha value is -2.50. The number of nitrogens with zero attached hydrogens (tertiary/aromatic N) is 2. The molecule has 0 fully saturated rings. The van der Waals surface area contributed by atoms with E-state index in [1.807, 2.05) is 6.07 Å². The minimum Gasteiger partial charge on any atom is -0.368 e. The lowest BCUT2D eigenvalue weighted by Gasteiger charge is -2.07. The number of unbranched alkanes of at least 4 members (excludes halogenated alkanes) is 1. The third-order valence-corrected chi connectivity index (χ3v) is 3.37. The van der Waals surface area contributed by atoms with E-state index in [2.05, 4.69) is 27.8 Å². The van der Waals surface area contributed by atoms with Gasteiger partial charge in [-0.1, -0.05) is 31.5 Å². The van der Waals surface area contributed by atoms with Crippen LogP contribution in [0.2, 0.25) is 0 Å². The van der Waals surface area contributed by atoms with Gasteiger partial charge in [0.15, 0.2) is 5.69 Å². The van der Waals surface area contributed by atoms with Gasteiger partial charge in [-0.2, -0.15) is 0 Å². The number of benzene rings is 1. The predicted molar refractivity (Wildman–Crippen MR) is 87.9 cm³/mol. The van der Waals surface area contributed by atoms with Crippen molar-refractivity contribution in [2.24, 2.45) is 0 Å². The number of halogens is 1. The highest BCUT2D eigenvalue weighted by Gasteiger charge is 2.07. The number of carbonyl (C=O) groups excluding carboxylic acids is 1. The molecule has 122 valence electrons. The molecule has 6 heteroatoms. The Balaban J connectivity index is 1.81. The van der Waals surface area contributed by atoms with E-state index in [1.165, 1.54) is 6.07 Å². The fourth-order valence-corrected chi connectivity index (χ4v) is 2.04. The Bertz CT molecular complexity index is 631. The minimum absolute atomic E-state index is 0.209. The van der Waals surface area contributed by atoms with Crippen molar-refractivity contribution in [3.63, 3.8) is 0 Å². The van der Waals surface area contributed by atoms with Gasteiger partial charge in [-0.15, -0.1) is 10.2 Å². The molecule has 0 aliphatic rings. The molecule has 0 spiro atoms. The van der Waals surface area contributed by atoms with Gasteiger partial charge >= 0.3 is 0 Å². The summed E-state index contributed by atoms with van der Waals surface area (Å²) in [6, 6.07) is 10.0. The lowest BCUT2D eigenvalue weighted by Crippen LogP contribution is -2.25. The summed E-state index contributed by atoms with van der Waals surface area (Å²) in [5.74, 6) is 0.134. The fraction of sp³-hybridized carbons (Fsp3) is 0.353. The highest BCUT2D eigenvalue weighted by atomic mass is 19.1. The van der Waals surface area contributed by atoms with E-state index in [4.69, 9.17) is 0 Å². The molecule has 23 heavy (non-hydrogen) atoms. The monoisotopic (exact) mass is 316 g/mol. The summed E-state index contributed by atoms with van der Waals surface area (Å²) < 4.78 is 13.5. The minimum atomic E-state index is -0.219. The van der Waals surface area contributed by atoms with Crippen LogP contribution in [0.25, 0.3) is 0 Å². The van der Waals surface area contributed by atoms with Crippen molar-refractivity contribution in [1.82, 2.24) is 15.5 Å². The van der Waals surface area contributed by atoms with Crippen LogP contribution in [0.15, 0.2) is 36.4 Å². The van der Waals surface area contributed by atoms with Crippen LogP contribution in [0.4, 0.5) is 10.2 Å².